The van der Waals surface area contributed by atoms with Gasteiger partial charge in [0.1, 0.15) is 6.33 Å². The fourth-order valence-corrected chi connectivity index (χ4v) is 1.15. The zero-order chi connectivity index (χ0) is 12.1. The maximum absolute atomic E-state index is 11.2. The Bertz CT molecular complexity index is 576. The normalized spacial score (nSPS) is 10.6. The van der Waals surface area contributed by atoms with Crippen LogP contribution in [0, 0.1) is 0 Å². The Balaban J connectivity index is 2.05. The van der Waals surface area contributed by atoms with Crippen molar-refractivity contribution in [1.82, 2.24) is 14.5 Å². The lowest BCUT2D eigenvalue weighted by molar-refractivity contribution is 0.772. The SMILES string of the molecule is Cn1cnc(NN=Cc2ccccc2)nc1=O. The number of hydrogen-bond acceptors (Lipinski definition) is 5. The first kappa shape index (κ1) is 11.0. The van der Waals surface area contributed by atoms with Gasteiger partial charge in [0.15, 0.2) is 0 Å². The molecule has 0 spiro atoms. The number of nitrogens with one attached hydrogen (secondary N) is 1. The first-order valence-electron chi connectivity index (χ1n) is 4.99. The summed E-state index contributed by atoms with van der Waals surface area (Å²) in [5, 5.41) is 3.93. The summed E-state index contributed by atoms with van der Waals surface area (Å²) < 4.78 is 1.28. The predicted molar refractivity (Wildman–Crippen MR) is 64.9 cm³/mol. The Morgan fingerprint density at radius 1 is 1.35 bits per heavy atom. The summed E-state index contributed by atoms with van der Waals surface area (Å²) in [4.78, 5) is 18.8. The second kappa shape index (κ2) is 5.02. The van der Waals surface area contributed by atoms with E-state index in [0.29, 0.717) is 0 Å². The van der Waals surface area contributed by atoms with Gasteiger partial charge in [0.2, 0.25) is 5.95 Å². The fourth-order valence-electron chi connectivity index (χ4n) is 1.15. The topological polar surface area (TPSA) is 72.2 Å². The van der Waals surface area contributed by atoms with Gasteiger partial charge in [-0.15, -0.1) is 0 Å². The minimum atomic E-state index is -0.377. The predicted octanol–water partition coefficient (Wildman–Crippen LogP) is 0.621. The molecule has 6 nitrogen and oxygen atoms in total. The van der Waals surface area contributed by atoms with E-state index in [1.165, 1.54) is 10.9 Å². The summed E-state index contributed by atoms with van der Waals surface area (Å²) >= 11 is 0. The molecule has 2 rings (SSSR count). The molecule has 2 aromatic rings. The molecule has 17 heavy (non-hydrogen) atoms. The van der Waals surface area contributed by atoms with E-state index in [0.717, 1.165) is 5.56 Å². The summed E-state index contributed by atoms with van der Waals surface area (Å²) in [6, 6.07) is 9.58. The van der Waals surface area contributed by atoms with E-state index in [2.05, 4.69) is 20.5 Å². The zero-order valence-electron chi connectivity index (χ0n) is 9.24. The highest BCUT2D eigenvalue weighted by atomic mass is 16.1. The molecular weight excluding hydrogens is 218 g/mol. The van der Waals surface area contributed by atoms with Crippen LogP contribution in [0.5, 0.6) is 0 Å². The molecule has 0 saturated heterocycles. The van der Waals surface area contributed by atoms with E-state index >= 15 is 0 Å². The Morgan fingerprint density at radius 3 is 2.82 bits per heavy atom. The Hall–Kier alpha value is -2.50. The standard InChI is InChI=1S/C11H11N5O/c1-16-8-12-10(14-11(16)17)15-13-7-9-5-3-2-4-6-9/h2-8H,1H3,(H,14,15,17). The van der Waals surface area contributed by atoms with E-state index in [1.54, 1.807) is 13.3 Å². The van der Waals surface area contributed by atoms with Crippen LogP contribution >= 0.6 is 0 Å². The Morgan fingerprint density at radius 2 is 2.12 bits per heavy atom. The first-order chi connectivity index (χ1) is 8.25. The molecule has 0 aliphatic heterocycles. The average Bonchev–Trinajstić information content (AvgIpc) is 2.35. The van der Waals surface area contributed by atoms with Crippen LogP contribution in [0.4, 0.5) is 5.95 Å². The number of anilines is 1. The maximum atomic E-state index is 11.2. The second-order valence-corrected chi connectivity index (χ2v) is 3.35. The second-order valence-electron chi connectivity index (χ2n) is 3.35. The molecule has 0 atom stereocenters. The lowest BCUT2D eigenvalue weighted by atomic mass is 10.2. The van der Waals surface area contributed by atoms with Crippen molar-refractivity contribution in [3.8, 4) is 0 Å². The number of aromatic nitrogens is 3. The maximum Gasteiger partial charge on any atom is 0.351 e. The molecule has 1 heterocycles. The van der Waals surface area contributed by atoms with Crippen LogP contribution in [0.15, 0.2) is 46.6 Å². The highest BCUT2D eigenvalue weighted by molar-refractivity contribution is 5.79. The molecule has 0 fully saturated rings. The van der Waals surface area contributed by atoms with Crippen LogP contribution < -0.4 is 11.1 Å². The van der Waals surface area contributed by atoms with Gasteiger partial charge >= 0.3 is 5.69 Å². The van der Waals surface area contributed by atoms with Crippen LogP contribution in [-0.2, 0) is 7.05 Å². The Labute approximate surface area is 97.7 Å². The summed E-state index contributed by atoms with van der Waals surface area (Å²) in [5.41, 5.74) is 3.17. The van der Waals surface area contributed by atoms with Crippen molar-refractivity contribution in [3.05, 3.63) is 52.7 Å². The first-order valence-corrected chi connectivity index (χ1v) is 4.99. The van der Waals surface area contributed by atoms with Crippen LogP contribution in [0.1, 0.15) is 5.56 Å². The third-order valence-corrected chi connectivity index (χ3v) is 2.03. The smallest absolute Gasteiger partial charge is 0.286 e. The largest absolute Gasteiger partial charge is 0.351 e. The van der Waals surface area contributed by atoms with E-state index in [9.17, 15) is 4.79 Å². The number of aryl methyl sites for hydroxylation is 1. The molecular formula is C11H11N5O. The van der Waals surface area contributed by atoms with Gasteiger partial charge in [-0.3, -0.25) is 4.57 Å². The van der Waals surface area contributed by atoms with Crippen LogP contribution in [0.3, 0.4) is 0 Å². The van der Waals surface area contributed by atoms with Gasteiger partial charge in [-0.25, -0.2) is 15.2 Å². The number of benzene rings is 1. The summed E-state index contributed by atoms with van der Waals surface area (Å²) in [5.74, 6) is 0.181. The molecule has 0 unspecified atom stereocenters. The highest BCUT2D eigenvalue weighted by Crippen LogP contribution is 1.95. The van der Waals surface area contributed by atoms with Gasteiger partial charge in [-0.05, 0) is 5.56 Å². The van der Waals surface area contributed by atoms with E-state index < -0.39 is 0 Å². The number of nitrogens with zero attached hydrogens (tertiary/aromatic N) is 4. The highest BCUT2D eigenvalue weighted by Gasteiger charge is 1.95. The van der Waals surface area contributed by atoms with Crippen molar-refractivity contribution in [2.24, 2.45) is 12.1 Å². The zero-order valence-corrected chi connectivity index (χ0v) is 9.24. The van der Waals surface area contributed by atoms with E-state index in [-0.39, 0.29) is 11.6 Å². The van der Waals surface area contributed by atoms with Crippen molar-refractivity contribution in [1.29, 1.82) is 0 Å². The molecule has 1 aromatic heterocycles. The minimum Gasteiger partial charge on any atom is -0.286 e. The molecule has 6 heteroatoms. The minimum absolute atomic E-state index is 0.181. The van der Waals surface area contributed by atoms with E-state index in [1.807, 2.05) is 30.3 Å². The van der Waals surface area contributed by atoms with Crippen molar-refractivity contribution in [2.45, 2.75) is 0 Å². The van der Waals surface area contributed by atoms with Gasteiger partial charge < -0.3 is 0 Å². The molecule has 1 aromatic carbocycles. The Kier molecular flexibility index (Phi) is 3.25. The molecule has 86 valence electrons. The van der Waals surface area contributed by atoms with Crippen LogP contribution in [-0.4, -0.2) is 20.7 Å². The fraction of sp³-hybridized carbons (Fsp3) is 0.0909. The molecule has 0 aliphatic carbocycles. The molecule has 1 N–H and O–H groups in total. The monoisotopic (exact) mass is 229 g/mol. The van der Waals surface area contributed by atoms with Gasteiger partial charge in [-0.1, -0.05) is 30.3 Å². The van der Waals surface area contributed by atoms with E-state index in [4.69, 9.17) is 0 Å². The quantitative estimate of drug-likeness (QED) is 0.618. The molecule has 0 bridgehead atoms. The number of hydrogen-bond donors (Lipinski definition) is 1. The lowest BCUT2D eigenvalue weighted by Gasteiger charge is -1.98. The van der Waals surface area contributed by atoms with Gasteiger partial charge in [0, 0.05) is 7.05 Å². The molecule has 0 amide bonds. The van der Waals surface area contributed by atoms with Crippen molar-refractivity contribution in [3.63, 3.8) is 0 Å². The molecule has 0 aliphatic rings. The van der Waals surface area contributed by atoms with Gasteiger partial charge in [0.05, 0.1) is 6.21 Å². The van der Waals surface area contributed by atoms with Crippen molar-refractivity contribution in [2.75, 3.05) is 5.43 Å². The number of hydrazone groups is 1. The van der Waals surface area contributed by atoms with Gasteiger partial charge in [0.25, 0.3) is 0 Å². The van der Waals surface area contributed by atoms with Crippen molar-refractivity contribution < 1.29 is 0 Å². The lowest BCUT2D eigenvalue weighted by Crippen LogP contribution is -2.21. The average molecular weight is 229 g/mol. The van der Waals surface area contributed by atoms with Crippen LogP contribution in [0.25, 0.3) is 0 Å². The van der Waals surface area contributed by atoms with Crippen molar-refractivity contribution >= 4 is 12.2 Å². The molecule has 0 saturated carbocycles. The van der Waals surface area contributed by atoms with Crippen LogP contribution in [0.2, 0.25) is 0 Å². The third kappa shape index (κ3) is 2.97. The third-order valence-electron chi connectivity index (χ3n) is 2.03. The van der Waals surface area contributed by atoms with Gasteiger partial charge in [-0.2, -0.15) is 10.1 Å². The summed E-state index contributed by atoms with van der Waals surface area (Å²) in [6.45, 7) is 0. The summed E-state index contributed by atoms with van der Waals surface area (Å²) in [7, 11) is 1.58. The summed E-state index contributed by atoms with van der Waals surface area (Å²) in [6.07, 6.45) is 3.01. The number of rotatable bonds is 3. The molecule has 0 radical (unpaired) electrons.